The number of rotatable bonds is 4. The molecule has 0 amide bonds. The molecule has 1 heteroatoms. The fourth-order valence-electron chi connectivity index (χ4n) is 6.61. The summed E-state index contributed by atoms with van der Waals surface area (Å²) in [6, 6.07) is 32.9. The highest BCUT2D eigenvalue weighted by molar-refractivity contribution is 6.23. The van der Waals surface area contributed by atoms with Crippen LogP contribution in [0.2, 0.25) is 0 Å². The van der Waals surface area contributed by atoms with Crippen LogP contribution in [0.3, 0.4) is 0 Å². The van der Waals surface area contributed by atoms with E-state index in [9.17, 15) is 1.37 Å². The van der Waals surface area contributed by atoms with Crippen LogP contribution >= 0.6 is 0 Å². The fourth-order valence-corrected chi connectivity index (χ4v) is 6.61. The second-order valence-corrected chi connectivity index (χ2v) is 10.9. The van der Waals surface area contributed by atoms with Gasteiger partial charge in [0.05, 0.1) is 12.3 Å². The molecule has 0 radical (unpaired) electrons. The Kier molecular flexibility index (Phi) is 4.15. The van der Waals surface area contributed by atoms with Crippen molar-refractivity contribution < 1.29 is 16.8 Å². The van der Waals surface area contributed by atoms with Gasteiger partial charge in [-0.05, 0) is 84.3 Å². The van der Waals surface area contributed by atoms with E-state index in [-0.39, 0.29) is 22.7 Å². The summed E-state index contributed by atoms with van der Waals surface area (Å²) in [4.78, 5) is 0. The summed E-state index contributed by atoms with van der Waals surface area (Å²) in [6.07, 6.45) is 0. The molecule has 0 aliphatic rings. The SMILES string of the molecule is [2H]c1c([2H])c([2H])c(-c2c([2H])c([2H])c([2H])c([2H])c2-c2c3ccccc3c(-c3ccc4c(c3)oc3cccc(-c5ccccc5)c34)c3ccccc23)c([2H])c1[2H]. The minimum absolute atomic E-state index is 0.0552. The van der Waals surface area contributed by atoms with Crippen molar-refractivity contribution >= 4 is 43.5 Å². The highest BCUT2D eigenvalue weighted by Crippen LogP contribution is 2.47. The largest absolute Gasteiger partial charge is 0.456 e. The Bertz CT molecular complexity index is 2960. The molecule has 1 heterocycles. The molecule has 9 rings (SSSR count). The normalized spacial score (nSPS) is 14.4. The Morgan fingerprint density at radius 3 is 1.71 bits per heavy atom. The maximum atomic E-state index is 9.29. The van der Waals surface area contributed by atoms with Gasteiger partial charge >= 0.3 is 0 Å². The van der Waals surface area contributed by atoms with Crippen LogP contribution in [-0.2, 0) is 0 Å². The summed E-state index contributed by atoms with van der Waals surface area (Å²) >= 11 is 0. The second kappa shape index (κ2) is 10.4. The van der Waals surface area contributed by atoms with Gasteiger partial charge in [-0.3, -0.25) is 0 Å². The van der Waals surface area contributed by atoms with Gasteiger partial charge in [0.25, 0.3) is 0 Å². The molecule has 0 bridgehead atoms. The summed E-state index contributed by atoms with van der Waals surface area (Å²) < 4.78 is 84.9. The van der Waals surface area contributed by atoms with Gasteiger partial charge in [0.1, 0.15) is 11.2 Å². The first-order valence-corrected chi connectivity index (χ1v) is 14.7. The molecule has 0 aliphatic heterocycles. The minimum atomic E-state index is -0.591. The molecular formula is C44H28O. The van der Waals surface area contributed by atoms with Crippen LogP contribution < -0.4 is 0 Å². The van der Waals surface area contributed by atoms with Gasteiger partial charge in [-0.15, -0.1) is 0 Å². The molecule has 8 aromatic carbocycles. The van der Waals surface area contributed by atoms with E-state index in [0.717, 1.165) is 49.4 Å². The molecule has 0 spiro atoms. The Labute approximate surface area is 274 Å². The lowest BCUT2D eigenvalue weighted by Gasteiger charge is -2.19. The first kappa shape index (κ1) is 18.0. The van der Waals surface area contributed by atoms with Crippen LogP contribution in [0.15, 0.2) is 174 Å². The van der Waals surface area contributed by atoms with Crippen molar-refractivity contribution in [2.75, 3.05) is 0 Å². The molecule has 45 heavy (non-hydrogen) atoms. The van der Waals surface area contributed by atoms with E-state index in [4.69, 9.17) is 15.4 Å². The van der Waals surface area contributed by atoms with Crippen molar-refractivity contribution in [3.63, 3.8) is 0 Å². The van der Waals surface area contributed by atoms with Crippen LogP contribution in [-0.4, -0.2) is 0 Å². The first-order valence-electron chi connectivity index (χ1n) is 19.2. The summed E-state index contributed by atoms with van der Waals surface area (Å²) in [7, 11) is 0. The molecule has 0 unspecified atom stereocenters. The third-order valence-electron chi connectivity index (χ3n) is 8.49. The molecule has 9 aromatic rings. The number of hydrogen-bond donors (Lipinski definition) is 0. The lowest BCUT2D eigenvalue weighted by Crippen LogP contribution is -1.92. The van der Waals surface area contributed by atoms with Gasteiger partial charge in [0.15, 0.2) is 0 Å². The predicted molar refractivity (Wildman–Crippen MR) is 190 cm³/mol. The zero-order valence-corrected chi connectivity index (χ0v) is 23.9. The zero-order valence-electron chi connectivity index (χ0n) is 32.9. The van der Waals surface area contributed by atoms with Gasteiger partial charge in [-0.25, -0.2) is 0 Å². The minimum Gasteiger partial charge on any atom is -0.456 e. The summed E-state index contributed by atoms with van der Waals surface area (Å²) in [6.45, 7) is 0. The molecular weight excluding hydrogens is 544 g/mol. The van der Waals surface area contributed by atoms with Gasteiger partial charge < -0.3 is 4.42 Å². The Balaban J connectivity index is 1.38. The molecule has 0 saturated carbocycles. The Hall–Kier alpha value is -5.92. The van der Waals surface area contributed by atoms with E-state index in [1.165, 1.54) is 0 Å². The summed E-state index contributed by atoms with van der Waals surface area (Å²) in [5.41, 5.74) is 5.49. The molecule has 1 nitrogen and oxygen atoms in total. The van der Waals surface area contributed by atoms with E-state index in [1.54, 1.807) is 0 Å². The standard InChI is InChI=1S/C44H28O/c1-3-14-29(15-4-1)32-18-7-8-19-34(32)43-37-22-11-9-20-35(37)42(36-21-10-12-23-38(36)43)31-26-27-39-41(28-31)45-40-25-13-24-33(44(39)40)30-16-5-2-6-17-30/h1-28H/i1D,3D,4D,7D,8D,14D,15D,18D,19D. The fraction of sp³-hybridized carbons (Fsp3) is 0. The third kappa shape index (κ3) is 4.09. The van der Waals surface area contributed by atoms with Gasteiger partial charge in [-0.2, -0.15) is 0 Å². The summed E-state index contributed by atoms with van der Waals surface area (Å²) in [5, 5.41) is 4.93. The van der Waals surface area contributed by atoms with Crippen molar-refractivity contribution in [1.82, 2.24) is 0 Å². The van der Waals surface area contributed by atoms with E-state index in [2.05, 4.69) is 30.3 Å². The highest BCUT2D eigenvalue weighted by Gasteiger charge is 2.20. The molecule has 0 N–H and O–H groups in total. The molecule has 0 atom stereocenters. The van der Waals surface area contributed by atoms with E-state index in [1.807, 2.05) is 84.9 Å². The van der Waals surface area contributed by atoms with Crippen LogP contribution in [0.4, 0.5) is 0 Å². The average molecular weight is 582 g/mol. The Morgan fingerprint density at radius 2 is 1.00 bits per heavy atom. The lowest BCUT2D eigenvalue weighted by atomic mass is 9.84. The first-order chi connectivity index (χ1) is 26.1. The van der Waals surface area contributed by atoms with Gasteiger partial charge in [0, 0.05) is 10.8 Å². The maximum Gasteiger partial charge on any atom is 0.136 e. The van der Waals surface area contributed by atoms with Crippen molar-refractivity contribution in [1.29, 1.82) is 0 Å². The molecule has 0 saturated heterocycles. The quantitative estimate of drug-likeness (QED) is 0.188. The van der Waals surface area contributed by atoms with Crippen LogP contribution in [0.25, 0.3) is 88.0 Å². The highest BCUT2D eigenvalue weighted by atomic mass is 16.3. The van der Waals surface area contributed by atoms with E-state index >= 15 is 0 Å². The molecule has 1 aromatic heterocycles. The Morgan fingerprint density at radius 1 is 0.378 bits per heavy atom. The molecule has 0 fully saturated rings. The average Bonchev–Trinajstić information content (AvgIpc) is 3.58. The smallest absolute Gasteiger partial charge is 0.136 e. The number of fused-ring (bicyclic) bond motifs is 5. The topological polar surface area (TPSA) is 13.1 Å². The number of benzene rings is 8. The third-order valence-corrected chi connectivity index (χ3v) is 8.49. The number of furan rings is 1. The lowest BCUT2D eigenvalue weighted by molar-refractivity contribution is 0.669. The predicted octanol–water partition coefficient (Wildman–Crippen LogP) is 12.6. The van der Waals surface area contributed by atoms with Crippen LogP contribution in [0.5, 0.6) is 0 Å². The van der Waals surface area contributed by atoms with Crippen LogP contribution in [0.1, 0.15) is 12.3 Å². The number of hydrogen-bond acceptors (Lipinski definition) is 1. The van der Waals surface area contributed by atoms with Gasteiger partial charge in [0.2, 0.25) is 0 Å². The second-order valence-electron chi connectivity index (χ2n) is 10.9. The maximum absolute atomic E-state index is 9.29. The van der Waals surface area contributed by atoms with Crippen LogP contribution in [0, 0.1) is 0 Å². The summed E-state index contributed by atoms with van der Waals surface area (Å²) in [5.74, 6) is 0. The van der Waals surface area contributed by atoms with E-state index < -0.39 is 48.3 Å². The van der Waals surface area contributed by atoms with Crippen molar-refractivity contribution in [2.45, 2.75) is 0 Å². The zero-order chi connectivity index (χ0) is 37.6. The molecule has 0 aliphatic carbocycles. The van der Waals surface area contributed by atoms with Gasteiger partial charge in [-0.1, -0.05) is 151 Å². The van der Waals surface area contributed by atoms with Crippen molar-refractivity contribution in [3.05, 3.63) is 170 Å². The van der Waals surface area contributed by atoms with Crippen molar-refractivity contribution in [2.24, 2.45) is 0 Å². The van der Waals surface area contributed by atoms with Crippen molar-refractivity contribution in [3.8, 4) is 44.5 Å². The monoisotopic (exact) mass is 581 g/mol. The van der Waals surface area contributed by atoms with E-state index in [0.29, 0.717) is 21.9 Å². The molecule has 210 valence electrons.